The molecule has 2 aromatic heterocycles. The zero-order valence-corrected chi connectivity index (χ0v) is 20.3. The van der Waals surface area contributed by atoms with Crippen LogP contribution in [0.2, 0.25) is 5.02 Å². The Balaban J connectivity index is 1.36. The Morgan fingerprint density at radius 3 is 2.60 bits per heavy atom. The average molecular weight is 485 g/mol. The van der Waals surface area contributed by atoms with Gasteiger partial charge in [0.25, 0.3) is 5.91 Å². The highest BCUT2D eigenvalue weighted by Gasteiger charge is 2.32. The summed E-state index contributed by atoms with van der Waals surface area (Å²) in [5.74, 6) is 1.61. The molecule has 0 atom stereocenters. The molecule has 2 aliphatic rings. The molecule has 0 unspecified atom stereocenters. The van der Waals surface area contributed by atoms with Crippen LogP contribution in [0.15, 0.2) is 53.1 Å². The number of carbonyl (C=O) groups is 1. The summed E-state index contributed by atoms with van der Waals surface area (Å²) in [6.07, 6.45) is 5.37. The molecule has 6 nitrogen and oxygen atoms in total. The summed E-state index contributed by atoms with van der Waals surface area (Å²) in [6.45, 7) is 3.16. The number of nitrogens with zero attached hydrogens (tertiary/aromatic N) is 4. The lowest BCUT2D eigenvalue weighted by molar-refractivity contribution is 0.0705. The number of benzene rings is 2. The predicted octanol–water partition coefficient (Wildman–Crippen LogP) is 6.09. The monoisotopic (exact) mass is 484 g/mol. The maximum absolute atomic E-state index is 13.9. The van der Waals surface area contributed by atoms with Crippen molar-refractivity contribution in [3.63, 3.8) is 0 Å². The van der Waals surface area contributed by atoms with Gasteiger partial charge < -0.3 is 9.42 Å². The van der Waals surface area contributed by atoms with Crippen LogP contribution < -0.4 is 0 Å². The van der Waals surface area contributed by atoms with E-state index in [-0.39, 0.29) is 11.8 Å². The van der Waals surface area contributed by atoms with Crippen molar-refractivity contribution in [2.45, 2.75) is 38.5 Å². The average Bonchev–Trinajstić information content (AvgIpc) is 3.50. The number of aromatic nitrogens is 3. The van der Waals surface area contributed by atoms with E-state index >= 15 is 0 Å². The van der Waals surface area contributed by atoms with Crippen molar-refractivity contribution in [1.29, 1.82) is 0 Å². The third kappa shape index (κ3) is 4.02. The van der Waals surface area contributed by atoms with Gasteiger partial charge in [0, 0.05) is 29.4 Å². The first-order valence-corrected chi connectivity index (χ1v) is 12.4. The largest absolute Gasteiger partial charge is 0.339 e. The number of aryl methyl sites for hydroxylation is 1. The number of para-hydroxylation sites is 1. The molecule has 1 amide bonds. The summed E-state index contributed by atoms with van der Waals surface area (Å²) in [7, 11) is 0. The number of hydrogen-bond donors (Lipinski definition) is 0. The molecule has 7 heteroatoms. The number of pyridine rings is 1. The molecule has 176 valence electrons. The highest BCUT2D eigenvalue weighted by atomic mass is 35.5. The minimum absolute atomic E-state index is 0.0824. The zero-order valence-electron chi connectivity index (χ0n) is 19.5. The quantitative estimate of drug-likeness (QED) is 0.352. The van der Waals surface area contributed by atoms with Gasteiger partial charge in [0.05, 0.1) is 16.8 Å². The lowest BCUT2D eigenvalue weighted by Crippen LogP contribution is -2.38. The van der Waals surface area contributed by atoms with Crippen molar-refractivity contribution < 1.29 is 9.32 Å². The van der Waals surface area contributed by atoms with Crippen molar-refractivity contribution in [2.24, 2.45) is 0 Å². The molecule has 1 aliphatic carbocycles. The normalized spacial score (nSPS) is 17.3. The topological polar surface area (TPSA) is 72.1 Å². The minimum atomic E-state index is 0.0824. The Labute approximate surface area is 208 Å². The molecular formula is C28H25ClN4O2. The number of carbonyl (C=O) groups excluding carboxylic acids is 1. The first kappa shape index (κ1) is 22.0. The molecule has 1 fully saturated rings. The van der Waals surface area contributed by atoms with E-state index in [4.69, 9.17) is 21.1 Å². The van der Waals surface area contributed by atoms with E-state index in [0.29, 0.717) is 29.8 Å². The first-order chi connectivity index (χ1) is 17.1. The highest BCUT2D eigenvalue weighted by Crippen LogP contribution is 2.39. The maximum Gasteiger partial charge on any atom is 0.254 e. The lowest BCUT2D eigenvalue weighted by Gasteiger charge is -2.31. The van der Waals surface area contributed by atoms with E-state index in [1.807, 2.05) is 60.4 Å². The summed E-state index contributed by atoms with van der Waals surface area (Å²) in [4.78, 5) is 25.3. The van der Waals surface area contributed by atoms with E-state index in [2.05, 4.69) is 16.2 Å². The van der Waals surface area contributed by atoms with Crippen LogP contribution in [-0.2, 0) is 6.42 Å². The van der Waals surface area contributed by atoms with Crippen LogP contribution in [0.3, 0.4) is 0 Å². The Bertz CT molecular complexity index is 1470. The summed E-state index contributed by atoms with van der Waals surface area (Å²) >= 11 is 6.42. The van der Waals surface area contributed by atoms with Crippen LogP contribution in [0.4, 0.5) is 0 Å². The molecule has 0 bridgehead atoms. The highest BCUT2D eigenvalue weighted by molar-refractivity contribution is 6.32. The molecule has 0 spiro atoms. The van der Waals surface area contributed by atoms with Gasteiger partial charge in [0.15, 0.2) is 5.82 Å². The van der Waals surface area contributed by atoms with Gasteiger partial charge in [-0.2, -0.15) is 4.98 Å². The molecule has 1 aliphatic heterocycles. The van der Waals surface area contributed by atoms with Crippen LogP contribution in [0.1, 0.15) is 64.1 Å². The lowest BCUT2D eigenvalue weighted by atomic mass is 9.94. The third-order valence-corrected chi connectivity index (χ3v) is 7.41. The molecule has 1 saturated heterocycles. The Hall–Kier alpha value is -3.51. The van der Waals surface area contributed by atoms with Crippen LogP contribution >= 0.6 is 11.6 Å². The van der Waals surface area contributed by atoms with Crippen LogP contribution in [0, 0.1) is 6.92 Å². The van der Waals surface area contributed by atoms with E-state index in [0.717, 1.165) is 64.5 Å². The smallest absolute Gasteiger partial charge is 0.254 e. The van der Waals surface area contributed by atoms with E-state index < -0.39 is 0 Å². The Morgan fingerprint density at radius 2 is 1.83 bits per heavy atom. The SMILES string of the molecule is Cc1noc(C2CCN(C(=O)c3c4c(nc5ccccc35)/C(=C\c3ccccc3Cl)CC4)CC2)n1. The number of halogens is 1. The molecule has 2 aromatic carbocycles. The molecule has 4 aromatic rings. The molecule has 35 heavy (non-hydrogen) atoms. The van der Waals surface area contributed by atoms with Crippen LogP contribution in [-0.4, -0.2) is 39.0 Å². The third-order valence-electron chi connectivity index (χ3n) is 7.07. The number of rotatable bonds is 3. The number of allylic oxidation sites excluding steroid dienone is 1. The van der Waals surface area contributed by atoms with Gasteiger partial charge in [-0.3, -0.25) is 4.79 Å². The number of likely N-dealkylation sites (tertiary alicyclic amines) is 1. The molecule has 0 N–H and O–H groups in total. The zero-order chi connectivity index (χ0) is 23.9. The van der Waals surface area contributed by atoms with Gasteiger partial charge in [0.1, 0.15) is 0 Å². The van der Waals surface area contributed by atoms with Gasteiger partial charge in [-0.15, -0.1) is 0 Å². The number of amides is 1. The summed E-state index contributed by atoms with van der Waals surface area (Å²) in [5.41, 5.74) is 5.69. The van der Waals surface area contributed by atoms with Crippen molar-refractivity contribution >= 4 is 40.1 Å². The van der Waals surface area contributed by atoms with Gasteiger partial charge >= 0.3 is 0 Å². The van der Waals surface area contributed by atoms with Crippen LogP contribution in [0.25, 0.3) is 22.6 Å². The second-order valence-electron chi connectivity index (χ2n) is 9.27. The number of piperidine rings is 1. The Morgan fingerprint density at radius 1 is 1.06 bits per heavy atom. The first-order valence-electron chi connectivity index (χ1n) is 12.0. The molecule has 6 rings (SSSR count). The van der Waals surface area contributed by atoms with Gasteiger partial charge in [0.2, 0.25) is 5.89 Å². The molecule has 0 radical (unpaired) electrons. The fourth-order valence-corrected chi connectivity index (χ4v) is 5.46. The molecule has 3 heterocycles. The standard InChI is InChI=1S/C28H25ClN4O2/c1-17-30-27(35-32-17)18-12-14-33(15-13-18)28(34)25-21-7-3-5-9-24(21)31-26-20(10-11-22(25)26)16-19-6-2-4-8-23(19)29/h2-9,16,18H,10-15H2,1H3/b20-16-. The molecule has 0 saturated carbocycles. The van der Waals surface area contributed by atoms with Gasteiger partial charge in [-0.05, 0) is 67.5 Å². The number of fused-ring (bicyclic) bond motifs is 2. The summed E-state index contributed by atoms with van der Waals surface area (Å²) in [5, 5.41) is 5.56. The van der Waals surface area contributed by atoms with Gasteiger partial charge in [-0.25, -0.2) is 4.98 Å². The molecular weight excluding hydrogens is 460 g/mol. The fraction of sp³-hybridized carbons (Fsp3) is 0.286. The van der Waals surface area contributed by atoms with Crippen LogP contribution in [0.5, 0.6) is 0 Å². The minimum Gasteiger partial charge on any atom is -0.339 e. The van der Waals surface area contributed by atoms with E-state index in [1.54, 1.807) is 0 Å². The van der Waals surface area contributed by atoms with E-state index in [9.17, 15) is 4.79 Å². The summed E-state index contributed by atoms with van der Waals surface area (Å²) < 4.78 is 5.38. The second kappa shape index (κ2) is 8.93. The van der Waals surface area contributed by atoms with Crippen molar-refractivity contribution in [3.8, 4) is 0 Å². The second-order valence-corrected chi connectivity index (χ2v) is 9.68. The fourth-order valence-electron chi connectivity index (χ4n) is 5.27. The van der Waals surface area contributed by atoms with Crippen molar-refractivity contribution in [2.75, 3.05) is 13.1 Å². The van der Waals surface area contributed by atoms with E-state index in [1.165, 1.54) is 0 Å². The predicted molar refractivity (Wildman–Crippen MR) is 136 cm³/mol. The van der Waals surface area contributed by atoms with Crippen molar-refractivity contribution in [3.05, 3.63) is 87.7 Å². The van der Waals surface area contributed by atoms with Gasteiger partial charge in [-0.1, -0.05) is 53.2 Å². The van der Waals surface area contributed by atoms with Crippen molar-refractivity contribution in [1.82, 2.24) is 20.0 Å². The Kier molecular flexibility index (Phi) is 5.61. The maximum atomic E-state index is 13.9. The summed E-state index contributed by atoms with van der Waals surface area (Å²) in [6, 6.07) is 15.8. The number of hydrogen-bond acceptors (Lipinski definition) is 5.